The van der Waals surface area contributed by atoms with E-state index >= 15 is 0 Å². The minimum Gasteiger partial charge on any atom is -0.366 e. The van der Waals surface area contributed by atoms with Crippen LogP contribution in [0.25, 0.3) is 0 Å². The van der Waals surface area contributed by atoms with Crippen molar-refractivity contribution in [1.82, 2.24) is 9.80 Å². The highest BCUT2D eigenvalue weighted by molar-refractivity contribution is 5.78. The number of benzene rings is 1. The van der Waals surface area contributed by atoms with Crippen LogP contribution in [0.1, 0.15) is 64.5 Å². The van der Waals surface area contributed by atoms with Crippen LogP contribution in [0, 0.1) is 17.7 Å². The van der Waals surface area contributed by atoms with Gasteiger partial charge in [-0.1, -0.05) is 63.6 Å². The van der Waals surface area contributed by atoms with Gasteiger partial charge in [0.2, 0.25) is 0 Å². The minimum atomic E-state index is -0.140. The number of nitrogens with zero attached hydrogens (tertiary/aromatic N) is 3. The number of halogens is 1. The van der Waals surface area contributed by atoms with E-state index in [2.05, 4.69) is 40.9 Å². The van der Waals surface area contributed by atoms with E-state index < -0.39 is 0 Å². The van der Waals surface area contributed by atoms with Crippen LogP contribution in [0.2, 0.25) is 0 Å². The van der Waals surface area contributed by atoms with Crippen LogP contribution in [-0.2, 0) is 0 Å². The summed E-state index contributed by atoms with van der Waals surface area (Å²) in [6, 6.07) is 7.14. The lowest BCUT2D eigenvalue weighted by Gasteiger charge is -2.46. The Balaban J connectivity index is 1.86. The summed E-state index contributed by atoms with van der Waals surface area (Å²) in [6.07, 6.45) is 10.2. The van der Waals surface area contributed by atoms with Gasteiger partial charge in [-0.05, 0) is 44.6 Å². The lowest BCUT2D eigenvalue weighted by Crippen LogP contribution is -2.48. The summed E-state index contributed by atoms with van der Waals surface area (Å²) < 4.78 is 14.9. The predicted octanol–water partition coefficient (Wildman–Crippen LogP) is 6.72. The smallest absolute Gasteiger partial charge is 0.128 e. The normalized spacial score (nSPS) is 25.5. The standard InChI is InChI=1S/C27H38FN3/c1-6-24(18-29-20(2)3)30-16-17-31(22(5)23-11-9-10-21(4)14-15-23)27(19-30)25-12-7-8-13-26(25)28/h6-8,12-13,18,21,23,27H,2,5,9-11,14-17,19H2,1,3-4H3/b24-6+,29-18?. The van der Waals surface area contributed by atoms with Gasteiger partial charge in [-0.25, -0.2) is 4.39 Å². The van der Waals surface area contributed by atoms with Crippen LogP contribution in [0.5, 0.6) is 0 Å². The Bertz CT molecular complexity index is 841. The van der Waals surface area contributed by atoms with E-state index in [0.29, 0.717) is 12.5 Å². The predicted molar refractivity (Wildman–Crippen MR) is 129 cm³/mol. The Hall–Kier alpha value is -2.36. The number of allylic oxidation sites excluding steroid dienone is 4. The van der Waals surface area contributed by atoms with Crippen molar-refractivity contribution in [2.75, 3.05) is 19.6 Å². The van der Waals surface area contributed by atoms with Crippen molar-refractivity contribution in [3.8, 4) is 0 Å². The summed E-state index contributed by atoms with van der Waals surface area (Å²) in [7, 11) is 0. The van der Waals surface area contributed by atoms with Crippen LogP contribution in [-0.4, -0.2) is 35.6 Å². The molecule has 168 valence electrons. The molecule has 1 heterocycles. The van der Waals surface area contributed by atoms with Crippen molar-refractivity contribution in [1.29, 1.82) is 0 Å². The fourth-order valence-corrected chi connectivity index (χ4v) is 4.94. The molecular formula is C27H38FN3. The average Bonchev–Trinajstić information content (AvgIpc) is 2.98. The van der Waals surface area contributed by atoms with E-state index in [4.69, 9.17) is 0 Å². The van der Waals surface area contributed by atoms with Crippen molar-refractivity contribution in [2.45, 2.75) is 58.9 Å². The van der Waals surface area contributed by atoms with E-state index in [1.54, 1.807) is 12.1 Å². The summed E-state index contributed by atoms with van der Waals surface area (Å²) in [5.41, 5.74) is 3.78. The van der Waals surface area contributed by atoms with Crippen LogP contribution >= 0.6 is 0 Å². The number of piperazine rings is 1. The molecule has 1 aliphatic heterocycles. The summed E-state index contributed by atoms with van der Waals surface area (Å²) >= 11 is 0. The maximum atomic E-state index is 14.9. The molecule has 3 unspecified atom stereocenters. The zero-order valence-corrected chi connectivity index (χ0v) is 19.5. The van der Waals surface area contributed by atoms with Gasteiger partial charge in [0.05, 0.1) is 18.0 Å². The molecule has 4 heteroatoms. The van der Waals surface area contributed by atoms with Crippen LogP contribution in [0.4, 0.5) is 4.39 Å². The number of hydrogen-bond donors (Lipinski definition) is 0. The van der Waals surface area contributed by atoms with Gasteiger partial charge in [-0.3, -0.25) is 4.99 Å². The Labute approximate surface area is 188 Å². The van der Waals surface area contributed by atoms with E-state index in [1.165, 1.54) is 37.8 Å². The second-order valence-corrected chi connectivity index (χ2v) is 9.19. The van der Waals surface area contributed by atoms with Gasteiger partial charge in [0.25, 0.3) is 0 Å². The van der Waals surface area contributed by atoms with E-state index in [-0.39, 0.29) is 11.9 Å². The maximum Gasteiger partial charge on any atom is 0.128 e. The number of aliphatic imine (C=N–C) groups is 1. The monoisotopic (exact) mass is 423 g/mol. The van der Waals surface area contributed by atoms with Crippen molar-refractivity contribution < 1.29 is 4.39 Å². The largest absolute Gasteiger partial charge is 0.366 e. The third kappa shape index (κ3) is 5.87. The molecule has 31 heavy (non-hydrogen) atoms. The molecule has 0 bridgehead atoms. The molecule has 2 fully saturated rings. The van der Waals surface area contributed by atoms with Gasteiger partial charge >= 0.3 is 0 Å². The first-order valence-corrected chi connectivity index (χ1v) is 11.7. The zero-order valence-electron chi connectivity index (χ0n) is 19.5. The Morgan fingerprint density at radius 3 is 2.61 bits per heavy atom. The molecule has 1 saturated carbocycles. The number of hydrogen-bond acceptors (Lipinski definition) is 3. The van der Waals surface area contributed by atoms with Gasteiger partial charge in [0.15, 0.2) is 0 Å². The lowest BCUT2D eigenvalue weighted by molar-refractivity contribution is 0.114. The lowest BCUT2D eigenvalue weighted by atomic mass is 9.92. The molecule has 1 aromatic carbocycles. The van der Waals surface area contributed by atoms with Crippen LogP contribution in [0.3, 0.4) is 0 Å². The van der Waals surface area contributed by atoms with Crippen LogP contribution < -0.4 is 0 Å². The first kappa shape index (κ1) is 23.3. The Morgan fingerprint density at radius 1 is 1.13 bits per heavy atom. The quantitative estimate of drug-likeness (QED) is 0.373. The first-order chi connectivity index (χ1) is 14.9. The maximum absolute atomic E-state index is 14.9. The highest BCUT2D eigenvalue weighted by atomic mass is 19.1. The molecule has 3 rings (SSSR count). The molecule has 0 aromatic heterocycles. The van der Waals surface area contributed by atoms with E-state index in [9.17, 15) is 4.39 Å². The molecule has 0 amide bonds. The zero-order chi connectivity index (χ0) is 22.4. The topological polar surface area (TPSA) is 18.8 Å². The number of rotatable bonds is 6. The van der Waals surface area contributed by atoms with Crippen molar-refractivity contribution >= 4 is 6.21 Å². The Morgan fingerprint density at radius 2 is 1.90 bits per heavy atom. The Kier molecular flexibility index (Phi) is 8.11. The fourth-order valence-electron chi connectivity index (χ4n) is 4.94. The summed E-state index contributed by atoms with van der Waals surface area (Å²) in [5, 5.41) is 0. The third-order valence-electron chi connectivity index (χ3n) is 6.82. The molecule has 0 N–H and O–H groups in total. The highest BCUT2D eigenvalue weighted by Gasteiger charge is 2.33. The highest BCUT2D eigenvalue weighted by Crippen LogP contribution is 2.38. The molecule has 1 saturated heterocycles. The molecule has 1 aliphatic carbocycles. The summed E-state index contributed by atoms with van der Waals surface area (Å²) in [6.45, 7) is 17.1. The second-order valence-electron chi connectivity index (χ2n) is 9.19. The van der Waals surface area contributed by atoms with Gasteiger partial charge in [0, 0.05) is 36.6 Å². The molecule has 2 aliphatic rings. The molecule has 0 radical (unpaired) electrons. The van der Waals surface area contributed by atoms with Gasteiger partial charge in [-0.2, -0.15) is 0 Å². The minimum absolute atomic E-state index is 0.0590. The van der Waals surface area contributed by atoms with Crippen molar-refractivity contribution in [2.24, 2.45) is 16.8 Å². The molecule has 0 spiro atoms. The van der Waals surface area contributed by atoms with Crippen molar-refractivity contribution in [3.05, 3.63) is 72.0 Å². The summed E-state index contributed by atoms with van der Waals surface area (Å²) in [4.78, 5) is 9.09. The van der Waals surface area contributed by atoms with Gasteiger partial charge < -0.3 is 9.80 Å². The average molecular weight is 424 g/mol. The summed E-state index contributed by atoms with van der Waals surface area (Å²) in [5.74, 6) is 1.15. The molecule has 3 atom stereocenters. The second kappa shape index (κ2) is 10.8. The van der Waals surface area contributed by atoms with E-state index in [0.717, 1.165) is 36.0 Å². The van der Waals surface area contributed by atoms with Gasteiger partial charge in [0.1, 0.15) is 5.82 Å². The van der Waals surface area contributed by atoms with E-state index in [1.807, 2.05) is 32.2 Å². The SMILES string of the molecule is C=C(C)N=C/C(=C\C)N1CCN(C(=C)C2CCCC(C)CC2)C(c2ccccc2F)C1. The molecular weight excluding hydrogens is 385 g/mol. The first-order valence-electron chi connectivity index (χ1n) is 11.7. The third-order valence-corrected chi connectivity index (χ3v) is 6.82. The van der Waals surface area contributed by atoms with Crippen molar-refractivity contribution in [3.63, 3.8) is 0 Å². The molecule has 3 nitrogen and oxygen atoms in total. The molecule has 1 aromatic rings. The van der Waals surface area contributed by atoms with Gasteiger partial charge in [-0.15, -0.1) is 0 Å². The van der Waals surface area contributed by atoms with Crippen LogP contribution in [0.15, 0.2) is 65.6 Å². The fraction of sp³-hybridized carbons (Fsp3) is 0.519.